The highest BCUT2D eigenvalue weighted by atomic mass is 32.3. The summed E-state index contributed by atoms with van der Waals surface area (Å²) < 4.78 is 28.8. The second kappa shape index (κ2) is 10.3. The van der Waals surface area contributed by atoms with Crippen molar-refractivity contribution in [2.24, 2.45) is 0 Å². The molecule has 0 fully saturated rings. The van der Waals surface area contributed by atoms with E-state index in [1.54, 1.807) is 47.3 Å². The summed E-state index contributed by atoms with van der Waals surface area (Å²) in [5.74, 6) is 0. The number of hydrogen-bond donors (Lipinski definition) is 3. The summed E-state index contributed by atoms with van der Waals surface area (Å²) in [6, 6.07) is 17.1. The van der Waals surface area contributed by atoms with Gasteiger partial charge in [-0.15, -0.1) is 11.8 Å². The van der Waals surface area contributed by atoms with Crippen LogP contribution in [-0.2, 0) is 16.6 Å². The van der Waals surface area contributed by atoms with E-state index in [1.165, 1.54) is 23.1 Å². The van der Waals surface area contributed by atoms with Crippen LogP contribution >= 0.6 is 11.8 Å². The molecule has 0 aliphatic carbocycles. The van der Waals surface area contributed by atoms with E-state index >= 15 is 0 Å². The van der Waals surface area contributed by atoms with Crippen molar-refractivity contribution in [1.82, 2.24) is 9.78 Å². The Bertz CT molecular complexity index is 1270. The van der Waals surface area contributed by atoms with E-state index in [-0.39, 0.29) is 12.6 Å². The van der Waals surface area contributed by atoms with Crippen molar-refractivity contribution in [3.8, 4) is 0 Å². The number of carbonyl (C=O) groups excluding carboxylic acids is 1. The lowest BCUT2D eigenvalue weighted by Crippen LogP contribution is -2.33. The largest absolute Gasteiger partial charge is 0.394 e. The normalized spacial score (nSPS) is 15.6. The zero-order chi connectivity index (χ0) is 24.1. The van der Waals surface area contributed by atoms with Crippen LogP contribution in [0.3, 0.4) is 0 Å². The molecule has 1 aliphatic heterocycles. The number of thioether (sulfide) groups is 1. The van der Waals surface area contributed by atoms with Crippen molar-refractivity contribution >= 4 is 49.8 Å². The molecule has 2 heterocycles. The van der Waals surface area contributed by atoms with Crippen molar-refractivity contribution in [3.63, 3.8) is 0 Å². The van der Waals surface area contributed by atoms with E-state index in [0.29, 0.717) is 30.0 Å². The molecular formula is C23H25N5O4S2. The Kier molecular flexibility index (Phi) is 7.25. The summed E-state index contributed by atoms with van der Waals surface area (Å²) in [5.41, 5.74) is 2.50. The topological polar surface area (TPSA) is 117 Å². The van der Waals surface area contributed by atoms with E-state index < -0.39 is 14.6 Å². The number of rotatable bonds is 8. The molecule has 1 aromatic heterocycles. The van der Waals surface area contributed by atoms with E-state index in [2.05, 4.69) is 15.7 Å². The molecule has 2 aromatic carbocycles. The van der Waals surface area contributed by atoms with Crippen molar-refractivity contribution in [1.29, 1.82) is 0 Å². The number of aromatic nitrogens is 2. The van der Waals surface area contributed by atoms with Crippen LogP contribution in [-0.4, -0.2) is 47.6 Å². The highest BCUT2D eigenvalue weighted by molar-refractivity contribution is 8.19. The summed E-state index contributed by atoms with van der Waals surface area (Å²) >= 11 is 1.27. The number of amides is 2. The van der Waals surface area contributed by atoms with Gasteiger partial charge in [0.25, 0.3) is 0 Å². The zero-order valence-corrected chi connectivity index (χ0v) is 20.1. The molecule has 1 atom stereocenters. The quantitative estimate of drug-likeness (QED) is 0.434. The lowest BCUT2D eigenvalue weighted by atomic mass is 10.3. The molecule has 0 saturated heterocycles. The van der Waals surface area contributed by atoms with E-state index in [9.17, 15) is 18.3 Å². The maximum Gasteiger partial charge on any atom is 0.323 e. The first-order valence-corrected chi connectivity index (χ1v) is 13.0. The molecule has 11 heteroatoms. The standard InChI is InChI=1S/C23H25N5O4S2/c1-27(19-9-7-18(8-10-19)26-23(30)25-17-5-3-2-4-6-17)34(31,32)22-12-11-21(33-22)20-13-14-24-28(20)15-16-29/h2-11,13-14,22,29H,12,15-16H2,1H3,(H2,25,26,30). The molecule has 1 aliphatic rings. The fraction of sp³-hybridized carbons (Fsp3) is 0.217. The van der Waals surface area contributed by atoms with Crippen LogP contribution < -0.4 is 14.9 Å². The summed E-state index contributed by atoms with van der Waals surface area (Å²) in [7, 11) is -2.13. The van der Waals surface area contributed by atoms with Crippen LogP contribution in [0.25, 0.3) is 4.91 Å². The second-order valence-electron chi connectivity index (χ2n) is 7.52. The molecule has 4 rings (SSSR count). The Morgan fingerprint density at radius 3 is 2.47 bits per heavy atom. The van der Waals surface area contributed by atoms with Gasteiger partial charge in [0.2, 0.25) is 10.0 Å². The molecular weight excluding hydrogens is 474 g/mol. The molecule has 34 heavy (non-hydrogen) atoms. The first-order chi connectivity index (χ1) is 16.4. The smallest absolute Gasteiger partial charge is 0.323 e. The maximum atomic E-state index is 13.3. The van der Waals surface area contributed by atoms with E-state index in [1.807, 2.05) is 30.3 Å². The average molecular weight is 500 g/mol. The van der Waals surface area contributed by atoms with Crippen LogP contribution in [0, 0.1) is 0 Å². The van der Waals surface area contributed by atoms with Crippen LogP contribution in [0.2, 0.25) is 0 Å². The third-order valence-electron chi connectivity index (χ3n) is 5.27. The number of hydrogen-bond acceptors (Lipinski definition) is 6. The predicted octanol–water partition coefficient (Wildman–Crippen LogP) is 3.79. The molecule has 0 radical (unpaired) electrons. The van der Waals surface area contributed by atoms with Gasteiger partial charge < -0.3 is 15.7 Å². The molecule has 0 bridgehead atoms. The van der Waals surface area contributed by atoms with Gasteiger partial charge in [-0.2, -0.15) is 5.10 Å². The van der Waals surface area contributed by atoms with Crippen LogP contribution in [0.4, 0.5) is 21.9 Å². The van der Waals surface area contributed by atoms with Crippen LogP contribution in [0.15, 0.2) is 72.9 Å². The number of allylic oxidation sites excluding steroid dienone is 1. The monoisotopic (exact) mass is 499 g/mol. The Labute approximate surface area is 202 Å². The second-order valence-corrected chi connectivity index (χ2v) is 11.2. The lowest BCUT2D eigenvalue weighted by Gasteiger charge is -2.23. The molecule has 3 aromatic rings. The van der Waals surface area contributed by atoms with Gasteiger partial charge >= 0.3 is 6.03 Å². The highest BCUT2D eigenvalue weighted by Gasteiger charge is 2.35. The number of nitrogens with one attached hydrogen (secondary N) is 2. The van der Waals surface area contributed by atoms with E-state index in [4.69, 9.17) is 0 Å². The average Bonchev–Trinajstić information content (AvgIpc) is 3.50. The number of anilines is 3. The zero-order valence-electron chi connectivity index (χ0n) is 18.5. The van der Waals surface area contributed by atoms with E-state index in [0.717, 1.165) is 10.6 Å². The summed E-state index contributed by atoms with van der Waals surface area (Å²) in [4.78, 5) is 13.0. The minimum absolute atomic E-state index is 0.0458. The minimum atomic E-state index is -3.65. The molecule has 0 spiro atoms. The van der Waals surface area contributed by atoms with Crippen LogP contribution in [0.1, 0.15) is 12.1 Å². The van der Waals surface area contributed by atoms with Gasteiger partial charge in [-0.1, -0.05) is 24.3 Å². The van der Waals surface area contributed by atoms with Crippen molar-refractivity contribution in [2.45, 2.75) is 17.5 Å². The van der Waals surface area contributed by atoms with Gasteiger partial charge in [-0.05, 0) is 48.9 Å². The fourth-order valence-electron chi connectivity index (χ4n) is 3.50. The minimum Gasteiger partial charge on any atom is -0.394 e. The Morgan fingerprint density at radius 2 is 1.79 bits per heavy atom. The van der Waals surface area contributed by atoms with Crippen molar-refractivity contribution in [2.75, 3.05) is 28.6 Å². The first-order valence-electron chi connectivity index (χ1n) is 10.6. The number of benzene rings is 2. The Hall–Kier alpha value is -3.28. The number of urea groups is 1. The third-order valence-corrected chi connectivity index (χ3v) is 9.20. The van der Waals surface area contributed by atoms with Gasteiger partial charge in [0, 0.05) is 29.5 Å². The number of aliphatic hydroxyl groups is 1. The Morgan fingerprint density at radius 1 is 1.12 bits per heavy atom. The maximum absolute atomic E-state index is 13.3. The van der Waals surface area contributed by atoms with Gasteiger partial charge in [-0.3, -0.25) is 8.99 Å². The number of nitrogens with zero attached hydrogens (tertiary/aromatic N) is 3. The van der Waals surface area contributed by atoms with Crippen molar-refractivity contribution < 1.29 is 18.3 Å². The number of carbonyl (C=O) groups is 1. The van der Waals surface area contributed by atoms with Gasteiger partial charge in [0.15, 0.2) is 0 Å². The summed E-state index contributed by atoms with van der Waals surface area (Å²) in [6.07, 6.45) is 3.90. The molecule has 3 N–H and O–H groups in total. The Balaban J connectivity index is 1.39. The third kappa shape index (κ3) is 5.27. The molecule has 1 unspecified atom stereocenters. The molecule has 2 amide bonds. The van der Waals surface area contributed by atoms with Crippen LogP contribution in [0.5, 0.6) is 0 Å². The van der Waals surface area contributed by atoms with Gasteiger partial charge in [0.1, 0.15) is 4.58 Å². The number of sulfonamides is 1. The fourth-order valence-corrected chi connectivity index (χ4v) is 6.75. The summed E-state index contributed by atoms with van der Waals surface area (Å²) in [5, 5.41) is 18.8. The SMILES string of the molecule is CN(c1ccc(NC(=O)Nc2ccccc2)cc1)S(=O)(=O)C1CC=C(c2ccnn2CCO)S1. The van der Waals surface area contributed by atoms with Crippen molar-refractivity contribution in [3.05, 3.63) is 78.6 Å². The predicted molar refractivity (Wildman–Crippen MR) is 136 cm³/mol. The first kappa shape index (κ1) is 23.9. The van der Waals surface area contributed by atoms with Gasteiger partial charge in [-0.25, -0.2) is 13.2 Å². The summed E-state index contributed by atoms with van der Waals surface area (Å²) in [6.45, 7) is 0.303. The van der Waals surface area contributed by atoms with Gasteiger partial charge in [0.05, 0.1) is 24.5 Å². The lowest BCUT2D eigenvalue weighted by molar-refractivity contribution is 0.262. The molecule has 9 nitrogen and oxygen atoms in total. The number of para-hydroxylation sites is 1. The highest BCUT2D eigenvalue weighted by Crippen LogP contribution is 2.43. The number of aliphatic hydroxyl groups excluding tert-OH is 1. The molecule has 0 saturated carbocycles. The molecule has 178 valence electrons.